The zero-order chi connectivity index (χ0) is 18.8. The van der Waals surface area contributed by atoms with E-state index in [0.717, 1.165) is 50.7 Å². The van der Waals surface area contributed by atoms with Gasteiger partial charge in [-0.3, -0.25) is 14.4 Å². The summed E-state index contributed by atoms with van der Waals surface area (Å²) in [5.74, 6) is 2.34. The van der Waals surface area contributed by atoms with Crippen LogP contribution in [0.3, 0.4) is 0 Å². The third-order valence-electron chi connectivity index (χ3n) is 5.87. The molecule has 2 aromatic heterocycles. The van der Waals surface area contributed by atoms with Crippen LogP contribution in [0.1, 0.15) is 60.7 Å². The second-order valence-corrected chi connectivity index (χ2v) is 7.64. The van der Waals surface area contributed by atoms with Gasteiger partial charge in [-0.25, -0.2) is 0 Å². The van der Waals surface area contributed by atoms with Crippen molar-refractivity contribution in [2.45, 2.75) is 51.6 Å². The molecule has 2 fully saturated rings. The number of carbonyl (C=O) groups is 1. The Hall–Kier alpha value is -2.22. The fourth-order valence-corrected chi connectivity index (χ4v) is 4.31. The minimum Gasteiger partial charge on any atom is -0.337 e. The fraction of sp³-hybridized carbons (Fsp3) is 0.684. The summed E-state index contributed by atoms with van der Waals surface area (Å²) in [4.78, 5) is 17.3. The van der Waals surface area contributed by atoms with Gasteiger partial charge in [-0.2, -0.15) is 5.10 Å². The van der Waals surface area contributed by atoms with Crippen LogP contribution in [0.25, 0.3) is 0 Å². The van der Waals surface area contributed by atoms with Gasteiger partial charge in [0.1, 0.15) is 17.3 Å². The molecule has 2 saturated heterocycles. The molecule has 8 heteroatoms. The summed E-state index contributed by atoms with van der Waals surface area (Å²) in [5.41, 5.74) is 0.672. The van der Waals surface area contributed by atoms with Crippen LogP contribution in [0, 0.1) is 0 Å². The smallest absolute Gasteiger partial charge is 0.272 e. The molecule has 0 radical (unpaired) electrons. The Morgan fingerprint density at radius 1 is 1.19 bits per heavy atom. The number of rotatable bonds is 5. The minimum absolute atomic E-state index is 0.0681. The van der Waals surface area contributed by atoms with Crippen molar-refractivity contribution in [1.82, 2.24) is 34.3 Å². The van der Waals surface area contributed by atoms with Crippen LogP contribution in [-0.2, 0) is 20.1 Å². The van der Waals surface area contributed by atoms with E-state index in [1.807, 2.05) is 17.9 Å². The van der Waals surface area contributed by atoms with E-state index in [0.29, 0.717) is 18.8 Å². The summed E-state index contributed by atoms with van der Waals surface area (Å²) in [7, 11) is 2.06. The number of piperidine rings is 1. The Morgan fingerprint density at radius 2 is 2.00 bits per heavy atom. The van der Waals surface area contributed by atoms with Crippen molar-refractivity contribution in [3.63, 3.8) is 0 Å². The molecule has 146 valence electrons. The van der Waals surface area contributed by atoms with E-state index in [2.05, 4.69) is 31.8 Å². The SMILES string of the molecule is CCn1nccc1C(=O)N1CCCC(c2nnc(CN3CCCC3)n2C)C1. The lowest BCUT2D eigenvalue weighted by Gasteiger charge is -2.32. The zero-order valence-electron chi connectivity index (χ0n) is 16.3. The molecular weight excluding hydrogens is 342 g/mol. The first-order valence-electron chi connectivity index (χ1n) is 10.1. The van der Waals surface area contributed by atoms with E-state index in [1.54, 1.807) is 10.9 Å². The minimum atomic E-state index is 0.0681. The predicted molar refractivity (Wildman–Crippen MR) is 101 cm³/mol. The Labute approximate surface area is 160 Å². The van der Waals surface area contributed by atoms with Crippen LogP contribution >= 0.6 is 0 Å². The summed E-state index contributed by atoms with van der Waals surface area (Å²) >= 11 is 0. The zero-order valence-corrected chi connectivity index (χ0v) is 16.3. The van der Waals surface area contributed by atoms with Crippen molar-refractivity contribution in [2.24, 2.45) is 7.05 Å². The summed E-state index contributed by atoms with van der Waals surface area (Å²) in [6.45, 7) is 7.37. The number of likely N-dealkylation sites (tertiary alicyclic amines) is 2. The lowest BCUT2D eigenvalue weighted by Crippen LogP contribution is -2.40. The van der Waals surface area contributed by atoms with E-state index >= 15 is 0 Å². The first-order valence-corrected chi connectivity index (χ1v) is 10.1. The number of aryl methyl sites for hydroxylation is 1. The number of hydrogen-bond donors (Lipinski definition) is 0. The van der Waals surface area contributed by atoms with Gasteiger partial charge in [0.05, 0.1) is 6.54 Å². The third kappa shape index (κ3) is 3.63. The number of aromatic nitrogens is 5. The largest absolute Gasteiger partial charge is 0.337 e. The summed E-state index contributed by atoms with van der Waals surface area (Å²) < 4.78 is 3.91. The lowest BCUT2D eigenvalue weighted by atomic mass is 9.97. The molecule has 1 amide bonds. The van der Waals surface area contributed by atoms with Crippen LogP contribution in [0.2, 0.25) is 0 Å². The highest BCUT2D eigenvalue weighted by molar-refractivity contribution is 5.92. The van der Waals surface area contributed by atoms with Gasteiger partial charge < -0.3 is 9.47 Å². The maximum absolute atomic E-state index is 13.0. The van der Waals surface area contributed by atoms with Gasteiger partial charge in [0.15, 0.2) is 0 Å². The molecular formula is C19H29N7O. The topological polar surface area (TPSA) is 72.1 Å². The number of carbonyl (C=O) groups excluding carboxylic acids is 1. The molecule has 4 rings (SSSR count). The normalized spacial score (nSPS) is 21.1. The first-order chi connectivity index (χ1) is 13.2. The van der Waals surface area contributed by atoms with Gasteiger partial charge in [0, 0.05) is 38.8 Å². The third-order valence-corrected chi connectivity index (χ3v) is 5.87. The van der Waals surface area contributed by atoms with Crippen molar-refractivity contribution in [2.75, 3.05) is 26.2 Å². The molecule has 1 unspecified atom stereocenters. The summed E-state index contributed by atoms with van der Waals surface area (Å²) in [6.07, 6.45) is 6.29. The maximum Gasteiger partial charge on any atom is 0.272 e. The van der Waals surface area contributed by atoms with E-state index in [9.17, 15) is 4.79 Å². The van der Waals surface area contributed by atoms with Crippen molar-refractivity contribution in [1.29, 1.82) is 0 Å². The average Bonchev–Trinajstić information content (AvgIpc) is 3.44. The van der Waals surface area contributed by atoms with Crippen molar-refractivity contribution < 1.29 is 4.79 Å². The number of nitrogens with zero attached hydrogens (tertiary/aromatic N) is 7. The molecule has 0 spiro atoms. The molecule has 2 aliphatic rings. The van der Waals surface area contributed by atoms with E-state index in [4.69, 9.17) is 0 Å². The van der Waals surface area contributed by atoms with E-state index in [1.165, 1.54) is 12.8 Å². The van der Waals surface area contributed by atoms with Gasteiger partial charge in [-0.05, 0) is 51.8 Å². The van der Waals surface area contributed by atoms with Crippen LogP contribution in [0.15, 0.2) is 12.3 Å². The second kappa shape index (κ2) is 7.80. The molecule has 2 aliphatic heterocycles. The van der Waals surface area contributed by atoms with Gasteiger partial charge in [-0.1, -0.05) is 0 Å². The predicted octanol–water partition coefficient (Wildman–Crippen LogP) is 1.65. The molecule has 4 heterocycles. The lowest BCUT2D eigenvalue weighted by molar-refractivity contribution is 0.0691. The quantitative estimate of drug-likeness (QED) is 0.799. The molecule has 0 N–H and O–H groups in total. The van der Waals surface area contributed by atoms with E-state index < -0.39 is 0 Å². The monoisotopic (exact) mass is 371 g/mol. The number of amides is 1. The van der Waals surface area contributed by atoms with Gasteiger partial charge in [0.2, 0.25) is 0 Å². The van der Waals surface area contributed by atoms with Crippen molar-refractivity contribution >= 4 is 5.91 Å². The molecule has 0 aromatic carbocycles. The highest BCUT2D eigenvalue weighted by Gasteiger charge is 2.30. The Kier molecular flexibility index (Phi) is 5.24. The standard InChI is InChI=1S/C19H29N7O/c1-3-26-16(8-9-20-26)19(27)25-12-6-7-15(13-25)18-22-21-17(23(18)2)14-24-10-4-5-11-24/h8-9,15H,3-7,10-14H2,1-2H3. The second-order valence-electron chi connectivity index (χ2n) is 7.64. The molecule has 27 heavy (non-hydrogen) atoms. The van der Waals surface area contributed by atoms with E-state index in [-0.39, 0.29) is 11.8 Å². The molecule has 8 nitrogen and oxygen atoms in total. The number of hydrogen-bond acceptors (Lipinski definition) is 5. The maximum atomic E-state index is 13.0. The fourth-order valence-electron chi connectivity index (χ4n) is 4.31. The average molecular weight is 371 g/mol. The molecule has 1 atom stereocenters. The van der Waals surface area contributed by atoms with Gasteiger partial charge in [0.25, 0.3) is 5.91 Å². The Bertz CT molecular complexity index is 790. The van der Waals surface area contributed by atoms with Crippen LogP contribution in [-0.4, -0.2) is 66.4 Å². The Morgan fingerprint density at radius 3 is 2.78 bits per heavy atom. The van der Waals surface area contributed by atoms with Crippen LogP contribution in [0.5, 0.6) is 0 Å². The highest BCUT2D eigenvalue weighted by Crippen LogP contribution is 2.27. The molecule has 0 bridgehead atoms. The van der Waals surface area contributed by atoms with Crippen LogP contribution < -0.4 is 0 Å². The van der Waals surface area contributed by atoms with Gasteiger partial charge in [-0.15, -0.1) is 10.2 Å². The van der Waals surface area contributed by atoms with Gasteiger partial charge >= 0.3 is 0 Å². The molecule has 0 aliphatic carbocycles. The molecule has 2 aromatic rings. The van der Waals surface area contributed by atoms with Crippen molar-refractivity contribution in [3.8, 4) is 0 Å². The summed E-state index contributed by atoms with van der Waals surface area (Å²) in [5, 5.41) is 13.2. The first kappa shape index (κ1) is 18.2. The highest BCUT2D eigenvalue weighted by atomic mass is 16.2. The van der Waals surface area contributed by atoms with Crippen molar-refractivity contribution in [3.05, 3.63) is 29.6 Å². The Balaban J connectivity index is 1.46. The molecule has 0 saturated carbocycles. The summed E-state index contributed by atoms with van der Waals surface area (Å²) in [6, 6.07) is 1.81. The van der Waals surface area contributed by atoms with Crippen LogP contribution in [0.4, 0.5) is 0 Å².